The van der Waals surface area contributed by atoms with Gasteiger partial charge in [0.25, 0.3) is 0 Å². The van der Waals surface area contributed by atoms with E-state index in [1.807, 2.05) is 50.1 Å². The van der Waals surface area contributed by atoms with Gasteiger partial charge in [-0.05, 0) is 31.9 Å². The minimum absolute atomic E-state index is 0.227. The summed E-state index contributed by atoms with van der Waals surface area (Å²) < 4.78 is 0. The van der Waals surface area contributed by atoms with Crippen molar-refractivity contribution in [3.8, 4) is 11.4 Å². The summed E-state index contributed by atoms with van der Waals surface area (Å²) in [6.07, 6.45) is 3.93. The third-order valence-corrected chi connectivity index (χ3v) is 4.72. The SMILES string of the molecule is Cc1cccc(-c2nccc([C@H]3CCCN(C(=O)C(C)(C)C)C3)n2)c1. The highest BCUT2D eigenvalue weighted by Gasteiger charge is 2.32. The lowest BCUT2D eigenvalue weighted by Crippen LogP contribution is -2.44. The van der Waals surface area contributed by atoms with E-state index in [0.29, 0.717) is 0 Å². The fourth-order valence-electron chi connectivity index (χ4n) is 3.40. The Balaban J connectivity index is 1.82. The van der Waals surface area contributed by atoms with Crippen molar-refractivity contribution in [1.29, 1.82) is 0 Å². The second kappa shape index (κ2) is 6.95. The van der Waals surface area contributed by atoms with Gasteiger partial charge in [-0.25, -0.2) is 9.97 Å². The van der Waals surface area contributed by atoms with Crippen molar-refractivity contribution in [1.82, 2.24) is 14.9 Å². The van der Waals surface area contributed by atoms with Crippen molar-refractivity contribution in [2.75, 3.05) is 13.1 Å². The van der Waals surface area contributed by atoms with Crippen LogP contribution in [0.25, 0.3) is 11.4 Å². The van der Waals surface area contributed by atoms with Crippen molar-refractivity contribution in [2.24, 2.45) is 5.41 Å². The maximum Gasteiger partial charge on any atom is 0.227 e. The molecular formula is C21H27N3O. The number of aromatic nitrogens is 2. The fraction of sp³-hybridized carbons (Fsp3) is 0.476. The van der Waals surface area contributed by atoms with Crippen LogP contribution in [-0.4, -0.2) is 33.9 Å². The van der Waals surface area contributed by atoms with E-state index in [-0.39, 0.29) is 17.2 Å². The zero-order valence-electron chi connectivity index (χ0n) is 15.6. The van der Waals surface area contributed by atoms with Crippen LogP contribution in [0.5, 0.6) is 0 Å². The van der Waals surface area contributed by atoms with E-state index in [4.69, 9.17) is 4.98 Å². The summed E-state index contributed by atoms with van der Waals surface area (Å²) in [5.41, 5.74) is 2.95. The van der Waals surface area contributed by atoms with Gasteiger partial charge in [0.2, 0.25) is 5.91 Å². The monoisotopic (exact) mass is 337 g/mol. The van der Waals surface area contributed by atoms with Crippen molar-refractivity contribution >= 4 is 5.91 Å². The molecule has 4 heteroatoms. The predicted octanol–water partition coefficient (Wildman–Crippen LogP) is 4.20. The number of carbonyl (C=O) groups excluding carboxylic acids is 1. The minimum Gasteiger partial charge on any atom is -0.342 e. The number of carbonyl (C=O) groups is 1. The summed E-state index contributed by atoms with van der Waals surface area (Å²) in [4.78, 5) is 23.9. The molecule has 1 saturated heterocycles. The predicted molar refractivity (Wildman–Crippen MR) is 100 cm³/mol. The molecule has 0 bridgehead atoms. The molecule has 1 aliphatic heterocycles. The van der Waals surface area contributed by atoms with E-state index in [0.717, 1.165) is 43.0 Å². The van der Waals surface area contributed by atoms with Crippen LogP contribution in [0.1, 0.15) is 50.8 Å². The third kappa shape index (κ3) is 4.06. The highest BCUT2D eigenvalue weighted by molar-refractivity contribution is 5.81. The zero-order chi connectivity index (χ0) is 18.0. The molecule has 0 unspecified atom stereocenters. The third-order valence-electron chi connectivity index (χ3n) is 4.72. The Bertz CT molecular complexity index is 764. The van der Waals surface area contributed by atoms with Crippen LogP contribution >= 0.6 is 0 Å². The molecule has 1 amide bonds. The molecule has 3 rings (SSSR count). The van der Waals surface area contributed by atoms with Gasteiger partial charge in [0.1, 0.15) is 0 Å². The molecule has 1 aromatic heterocycles. The molecule has 1 atom stereocenters. The van der Waals surface area contributed by atoms with Gasteiger partial charge in [-0.1, -0.05) is 44.5 Å². The summed E-state index contributed by atoms with van der Waals surface area (Å²) in [5.74, 6) is 1.28. The van der Waals surface area contributed by atoms with Crippen LogP contribution < -0.4 is 0 Å². The van der Waals surface area contributed by atoms with Crippen LogP contribution in [-0.2, 0) is 4.79 Å². The Morgan fingerprint density at radius 3 is 2.76 bits per heavy atom. The van der Waals surface area contributed by atoms with Crippen molar-refractivity contribution in [3.63, 3.8) is 0 Å². The lowest BCUT2D eigenvalue weighted by Gasteiger charge is -2.36. The number of rotatable bonds is 2. The van der Waals surface area contributed by atoms with Crippen molar-refractivity contribution in [3.05, 3.63) is 47.8 Å². The molecule has 2 heterocycles. The Morgan fingerprint density at radius 1 is 1.24 bits per heavy atom. The summed E-state index contributed by atoms with van der Waals surface area (Å²) >= 11 is 0. The number of likely N-dealkylation sites (tertiary alicyclic amines) is 1. The summed E-state index contributed by atoms with van der Waals surface area (Å²) in [6, 6.07) is 10.3. The Hall–Kier alpha value is -2.23. The second-order valence-corrected chi connectivity index (χ2v) is 8.01. The number of nitrogens with zero attached hydrogens (tertiary/aromatic N) is 3. The molecule has 1 aromatic carbocycles. The number of hydrogen-bond acceptors (Lipinski definition) is 3. The Morgan fingerprint density at radius 2 is 2.04 bits per heavy atom. The van der Waals surface area contributed by atoms with Gasteiger partial charge in [0.05, 0.1) is 0 Å². The molecule has 0 N–H and O–H groups in total. The van der Waals surface area contributed by atoms with Crippen LogP contribution in [0.15, 0.2) is 36.5 Å². The molecule has 0 spiro atoms. The molecule has 2 aromatic rings. The van der Waals surface area contributed by atoms with Crippen molar-refractivity contribution in [2.45, 2.75) is 46.5 Å². The number of amides is 1. The lowest BCUT2D eigenvalue weighted by molar-refractivity contribution is -0.140. The first-order valence-electron chi connectivity index (χ1n) is 9.04. The topological polar surface area (TPSA) is 46.1 Å². The fourth-order valence-corrected chi connectivity index (χ4v) is 3.40. The van der Waals surface area contributed by atoms with E-state index in [1.165, 1.54) is 5.56 Å². The first-order chi connectivity index (χ1) is 11.8. The maximum absolute atomic E-state index is 12.6. The molecule has 1 aliphatic rings. The average Bonchev–Trinajstić information content (AvgIpc) is 2.60. The van der Waals surface area contributed by atoms with Crippen LogP contribution in [0.3, 0.4) is 0 Å². The van der Waals surface area contributed by atoms with Gasteiger partial charge in [-0.3, -0.25) is 4.79 Å². The molecule has 1 fully saturated rings. The Labute approximate surface area is 150 Å². The normalized spacial score (nSPS) is 18.2. The standard InChI is InChI=1S/C21H27N3O/c1-15-7-5-8-16(13-15)19-22-11-10-18(23-19)17-9-6-12-24(14-17)20(25)21(2,3)4/h5,7-8,10-11,13,17H,6,9,12,14H2,1-4H3/t17-/m0/s1. The number of benzene rings is 1. The molecular weight excluding hydrogens is 310 g/mol. The van der Waals surface area contributed by atoms with Gasteiger partial charge in [0.15, 0.2) is 5.82 Å². The number of piperidine rings is 1. The smallest absolute Gasteiger partial charge is 0.227 e. The Kier molecular flexibility index (Phi) is 4.89. The van der Waals surface area contributed by atoms with E-state index in [9.17, 15) is 4.79 Å². The highest BCUT2D eigenvalue weighted by atomic mass is 16.2. The van der Waals surface area contributed by atoms with E-state index in [2.05, 4.69) is 24.0 Å². The van der Waals surface area contributed by atoms with Gasteiger partial charge < -0.3 is 4.90 Å². The first-order valence-corrected chi connectivity index (χ1v) is 9.04. The second-order valence-electron chi connectivity index (χ2n) is 8.01. The zero-order valence-corrected chi connectivity index (χ0v) is 15.6. The molecule has 25 heavy (non-hydrogen) atoms. The van der Waals surface area contributed by atoms with Crippen LogP contribution in [0.2, 0.25) is 0 Å². The van der Waals surface area contributed by atoms with E-state index in [1.54, 1.807) is 0 Å². The maximum atomic E-state index is 12.6. The van der Waals surface area contributed by atoms with Gasteiger partial charge in [0, 0.05) is 41.9 Å². The molecule has 0 radical (unpaired) electrons. The first kappa shape index (κ1) is 17.6. The van der Waals surface area contributed by atoms with E-state index >= 15 is 0 Å². The summed E-state index contributed by atoms with van der Waals surface area (Å²) in [5, 5.41) is 0. The van der Waals surface area contributed by atoms with Crippen LogP contribution in [0.4, 0.5) is 0 Å². The highest BCUT2D eigenvalue weighted by Crippen LogP contribution is 2.29. The molecule has 0 saturated carbocycles. The van der Waals surface area contributed by atoms with Gasteiger partial charge in [-0.15, -0.1) is 0 Å². The minimum atomic E-state index is -0.333. The molecule has 4 nitrogen and oxygen atoms in total. The van der Waals surface area contributed by atoms with E-state index < -0.39 is 0 Å². The molecule has 0 aliphatic carbocycles. The largest absolute Gasteiger partial charge is 0.342 e. The summed E-state index contributed by atoms with van der Waals surface area (Å²) in [7, 11) is 0. The van der Waals surface area contributed by atoms with Gasteiger partial charge >= 0.3 is 0 Å². The van der Waals surface area contributed by atoms with Gasteiger partial charge in [-0.2, -0.15) is 0 Å². The number of aryl methyl sites for hydroxylation is 1. The number of hydrogen-bond donors (Lipinski definition) is 0. The average molecular weight is 337 g/mol. The summed E-state index contributed by atoms with van der Waals surface area (Å²) in [6.45, 7) is 9.63. The molecule has 132 valence electrons. The van der Waals surface area contributed by atoms with Crippen LogP contribution in [0, 0.1) is 12.3 Å². The van der Waals surface area contributed by atoms with Crippen molar-refractivity contribution < 1.29 is 4.79 Å². The quantitative estimate of drug-likeness (QED) is 0.825. The lowest BCUT2D eigenvalue weighted by atomic mass is 9.90.